The number of hydrogen-bond donors (Lipinski definition) is 2. The number of rotatable bonds is 7. The molecule has 0 saturated heterocycles. The van der Waals surface area contributed by atoms with E-state index in [0.29, 0.717) is 39.9 Å². The van der Waals surface area contributed by atoms with Crippen LogP contribution < -0.4 is 24.8 Å². The van der Waals surface area contributed by atoms with Crippen molar-refractivity contribution in [3.05, 3.63) is 71.4 Å². The zero-order valence-corrected chi connectivity index (χ0v) is 17.7. The largest absolute Gasteiger partial charge is 0.493 e. The molecule has 0 aliphatic heterocycles. The minimum atomic E-state index is -0.392. The summed E-state index contributed by atoms with van der Waals surface area (Å²) in [7, 11) is 4.44. The third-order valence-corrected chi connectivity index (χ3v) is 4.47. The number of hydrogen-bond acceptors (Lipinski definition) is 6. The molecule has 160 valence electrons. The summed E-state index contributed by atoms with van der Waals surface area (Å²) < 4.78 is 15.9. The van der Waals surface area contributed by atoms with Gasteiger partial charge in [0.1, 0.15) is 5.82 Å². The number of nitrogens with one attached hydrogen (secondary N) is 2. The summed E-state index contributed by atoms with van der Waals surface area (Å²) in [6, 6.07) is 13.3. The highest BCUT2D eigenvalue weighted by Crippen LogP contribution is 2.38. The Kier molecular flexibility index (Phi) is 6.71. The summed E-state index contributed by atoms with van der Waals surface area (Å²) in [5.74, 6) is 0.859. The van der Waals surface area contributed by atoms with Gasteiger partial charge in [0.25, 0.3) is 11.8 Å². The smallest absolute Gasteiger partial charge is 0.256 e. The van der Waals surface area contributed by atoms with Gasteiger partial charge >= 0.3 is 0 Å². The van der Waals surface area contributed by atoms with Gasteiger partial charge in [0.15, 0.2) is 11.5 Å². The normalized spacial score (nSPS) is 10.2. The van der Waals surface area contributed by atoms with Gasteiger partial charge in [0, 0.05) is 23.0 Å². The van der Waals surface area contributed by atoms with Crippen LogP contribution in [0.15, 0.2) is 54.7 Å². The average Bonchev–Trinajstić information content (AvgIpc) is 2.78. The first kappa shape index (κ1) is 21.6. The van der Waals surface area contributed by atoms with Gasteiger partial charge in [-0.1, -0.05) is 6.07 Å². The SMILES string of the molecule is COc1cc(C(=O)Nc2cccc(C(=O)Nc3cc(C)ccn3)c2)cc(OC)c1OC. The number of ether oxygens (including phenoxy) is 3. The average molecular weight is 421 g/mol. The fourth-order valence-corrected chi connectivity index (χ4v) is 2.95. The fraction of sp³-hybridized carbons (Fsp3) is 0.174. The van der Waals surface area contributed by atoms with Gasteiger partial charge in [-0.2, -0.15) is 0 Å². The molecule has 0 bridgehead atoms. The van der Waals surface area contributed by atoms with Crippen molar-refractivity contribution in [2.45, 2.75) is 6.92 Å². The summed E-state index contributed by atoms with van der Waals surface area (Å²) in [4.78, 5) is 29.5. The first-order valence-electron chi connectivity index (χ1n) is 9.40. The highest BCUT2D eigenvalue weighted by Gasteiger charge is 2.17. The van der Waals surface area contributed by atoms with E-state index in [-0.39, 0.29) is 5.91 Å². The zero-order chi connectivity index (χ0) is 22.4. The molecule has 3 aromatic rings. The molecule has 8 nitrogen and oxygen atoms in total. The lowest BCUT2D eigenvalue weighted by atomic mass is 10.1. The molecule has 0 atom stereocenters. The quantitative estimate of drug-likeness (QED) is 0.600. The van der Waals surface area contributed by atoms with Crippen molar-refractivity contribution in [3.8, 4) is 17.2 Å². The molecule has 1 heterocycles. The van der Waals surface area contributed by atoms with Crippen LogP contribution in [0.1, 0.15) is 26.3 Å². The molecular formula is C23H23N3O5. The van der Waals surface area contributed by atoms with E-state index in [4.69, 9.17) is 14.2 Å². The molecule has 0 radical (unpaired) electrons. The van der Waals surface area contributed by atoms with Crippen LogP contribution in [0.3, 0.4) is 0 Å². The molecular weight excluding hydrogens is 398 g/mol. The second-order valence-corrected chi connectivity index (χ2v) is 6.62. The molecule has 0 spiro atoms. The Bertz CT molecular complexity index is 1090. The monoisotopic (exact) mass is 421 g/mol. The Hall–Kier alpha value is -4.07. The minimum Gasteiger partial charge on any atom is -0.493 e. The van der Waals surface area contributed by atoms with Crippen LogP contribution in [0.25, 0.3) is 0 Å². The molecule has 3 rings (SSSR count). The molecule has 1 aromatic heterocycles. The number of pyridine rings is 1. The lowest BCUT2D eigenvalue weighted by Gasteiger charge is -2.14. The Morgan fingerprint density at radius 2 is 1.48 bits per heavy atom. The molecule has 2 amide bonds. The third kappa shape index (κ3) is 5.11. The Balaban J connectivity index is 1.79. The number of carbonyl (C=O) groups is 2. The van der Waals surface area contributed by atoms with E-state index >= 15 is 0 Å². The van der Waals surface area contributed by atoms with Gasteiger partial charge < -0.3 is 24.8 Å². The highest BCUT2D eigenvalue weighted by molar-refractivity contribution is 6.07. The topological polar surface area (TPSA) is 98.8 Å². The number of aryl methyl sites for hydroxylation is 1. The van der Waals surface area contributed by atoms with E-state index < -0.39 is 5.91 Å². The van der Waals surface area contributed by atoms with Gasteiger partial charge in [0.05, 0.1) is 21.3 Å². The van der Waals surface area contributed by atoms with Gasteiger partial charge in [0.2, 0.25) is 5.75 Å². The van der Waals surface area contributed by atoms with E-state index in [1.807, 2.05) is 13.0 Å². The van der Waals surface area contributed by atoms with Gasteiger partial charge in [-0.15, -0.1) is 0 Å². The highest BCUT2D eigenvalue weighted by atomic mass is 16.5. The molecule has 0 saturated carbocycles. The summed E-state index contributed by atoms with van der Waals surface area (Å²) in [6.45, 7) is 1.91. The van der Waals surface area contributed by atoms with Gasteiger partial charge in [-0.3, -0.25) is 9.59 Å². The summed E-state index contributed by atoms with van der Waals surface area (Å²) in [6.07, 6.45) is 1.62. The van der Waals surface area contributed by atoms with Crippen LogP contribution in [0, 0.1) is 6.92 Å². The minimum absolute atomic E-state index is 0.313. The van der Waals surface area contributed by atoms with E-state index in [0.717, 1.165) is 5.56 Å². The summed E-state index contributed by atoms with van der Waals surface area (Å²) in [5, 5.41) is 5.52. The van der Waals surface area contributed by atoms with Crippen LogP contribution in [-0.2, 0) is 0 Å². The lowest BCUT2D eigenvalue weighted by Crippen LogP contribution is -2.15. The predicted molar refractivity (Wildman–Crippen MR) is 117 cm³/mol. The molecule has 8 heteroatoms. The number of carbonyl (C=O) groups excluding carboxylic acids is 2. The Labute approximate surface area is 180 Å². The maximum absolute atomic E-state index is 12.8. The van der Waals surface area contributed by atoms with Crippen LogP contribution in [-0.4, -0.2) is 38.1 Å². The number of nitrogens with zero attached hydrogens (tertiary/aromatic N) is 1. The van der Waals surface area contributed by atoms with Crippen molar-refractivity contribution in [1.29, 1.82) is 0 Å². The first-order valence-corrected chi connectivity index (χ1v) is 9.40. The van der Waals surface area contributed by atoms with Crippen molar-refractivity contribution in [2.24, 2.45) is 0 Å². The standard InChI is InChI=1S/C23H23N3O5/c1-14-8-9-24-20(10-14)26-22(27)15-6-5-7-17(11-15)25-23(28)16-12-18(29-2)21(31-4)19(13-16)30-3/h5-13H,1-4H3,(H,25,28)(H,24,26,27). The maximum Gasteiger partial charge on any atom is 0.256 e. The van der Waals surface area contributed by atoms with Crippen LogP contribution >= 0.6 is 0 Å². The first-order chi connectivity index (χ1) is 14.9. The van der Waals surface area contributed by atoms with Crippen molar-refractivity contribution in [1.82, 2.24) is 4.98 Å². The lowest BCUT2D eigenvalue weighted by molar-refractivity contribution is 0.101. The summed E-state index contributed by atoms with van der Waals surface area (Å²) >= 11 is 0. The molecule has 0 aliphatic rings. The van der Waals surface area contributed by atoms with Gasteiger partial charge in [-0.05, 0) is 55.0 Å². The number of methoxy groups -OCH3 is 3. The van der Waals surface area contributed by atoms with Crippen molar-refractivity contribution < 1.29 is 23.8 Å². The predicted octanol–water partition coefficient (Wildman–Crippen LogP) is 3.92. The van der Waals surface area contributed by atoms with Crippen LogP contribution in [0.4, 0.5) is 11.5 Å². The number of amides is 2. The second-order valence-electron chi connectivity index (χ2n) is 6.62. The molecule has 31 heavy (non-hydrogen) atoms. The molecule has 2 N–H and O–H groups in total. The number of benzene rings is 2. The number of aromatic nitrogens is 1. The Morgan fingerprint density at radius 1 is 0.806 bits per heavy atom. The molecule has 0 unspecified atom stereocenters. The van der Waals surface area contributed by atoms with Crippen LogP contribution in [0.5, 0.6) is 17.2 Å². The third-order valence-electron chi connectivity index (χ3n) is 4.47. The zero-order valence-electron chi connectivity index (χ0n) is 17.7. The van der Waals surface area contributed by atoms with E-state index in [1.54, 1.807) is 48.7 Å². The molecule has 2 aromatic carbocycles. The van der Waals surface area contributed by atoms with Crippen molar-refractivity contribution in [2.75, 3.05) is 32.0 Å². The van der Waals surface area contributed by atoms with Gasteiger partial charge in [-0.25, -0.2) is 4.98 Å². The van der Waals surface area contributed by atoms with Crippen LogP contribution in [0.2, 0.25) is 0 Å². The van der Waals surface area contributed by atoms with E-state index in [9.17, 15) is 9.59 Å². The maximum atomic E-state index is 12.8. The Morgan fingerprint density at radius 3 is 2.10 bits per heavy atom. The number of anilines is 2. The second kappa shape index (κ2) is 9.62. The fourth-order valence-electron chi connectivity index (χ4n) is 2.95. The summed E-state index contributed by atoms with van der Waals surface area (Å²) in [5.41, 5.74) is 2.14. The van der Waals surface area contributed by atoms with Crippen molar-refractivity contribution >= 4 is 23.3 Å². The molecule has 0 fully saturated rings. The van der Waals surface area contributed by atoms with E-state index in [2.05, 4.69) is 15.6 Å². The molecule has 0 aliphatic carbocycles. The van der Waals surface area contributed by atoms with E-state index in [1.165, 1.54) is 21.3 Å². The van der Waals surface area contributed by atoms with Crippen molar-refractivity contribution in [3.63, 3.8) is 0 Å².